The quantitative estimate of drug-likeness (QED) is 0.546. The van der Waals surface area contributed by atoms with Gasteiger partial charge in [-0.1, -0.05) is 45.3 Å². The minimum absolute atomic E-state index is 0.0709. The molecule has 0 bridgehead atoms. The molecule has 1 aromatic rings. The summed E-state index contributed by atoms with van der Waals surface area (Å²) in [7, 11) is 0. The zero-order valence-electron chi connectivity index (χ0n) is 15.2. The molecule has 2 N–H and O–H groups in total. The number of allylic oxidation sites excluding steroid dienone is 1. The number of carbonyl (C=O) groups is 1. The van der Waals surface area contributed by atoms with E-state index in [4.69, 9.17) is 4.74 Å². The Morgan fingerprint density at radius 3 is 2.76 bits per heavy atom. The number of nitrogens with one attached hydrogen (secondary N) is 2. The van der Waals surface area contributed by atoms with Gasteiger partial charge in [0.25, 0.3) is 0 Å². The number of thiazole rings is 1. The van der Waals surface area contributed by atoms with Gasteiger partial charge in [-0.05, 0) is 25.9 Å². The summed E-state index contributed by atoms with van der Waals surface area (Å²) in [4.78, 5) is 16.5. The van der Waals surface area contributed by atoms with Gasteiger partial charge in [0.05, 0.1) is 16.2 Å². The number of hydrogen-bond acceptors (Lipinski definition) is 6. The maximum atomic E-state index is 12.2. The molecule has 1 aromatic heterocycles. The minimum atomic E-state index is -0.107. The van der Waals surface area contributed by atoms with E-state index in [0.717, 1.165) is 30.1 Å². The van der Waals surface area contributed by atoms with Crippen LogP contribution < -0.4 is 10.6 Å². The fourth-order valence-electron chi connectivity index (χ4n) is 2.18. The van der Waals surface area contributed by atoms with Gasteiger partial charge in [0.2, 0.25) is 5.91 Å². The number of piperidine rings is 1. The molecule has 1 fully saturated rings. The predicted molar refractivity (Wildman–Crippen MR) is 106 cm³/mol. The van der Waals surface area contributed by atoms with Gasteiger partial charge >= 0.3 is 0 Å². The van der Waals surface area contributed by atoms with Crippen molar-refractivity contribution in [2.75, 3.05) is 24.2 Å². The molecule has 1 amide bonds. The normalized spacial score (nSPS) is 15.6. The fourth-order valence-corrected chi connectivity index (χ4v) is 3.88. The second kappa shape index (κ2) is 8.87. The first-order chi connectivity index (χ1) is 11.8. The van der Waals surface area contributed by atoms with Crippen LogP contribution in [0.5, 0.6) is 0 Å². The van der Waals surface area contributed by atoms with Crippen molar-refractivity contribution in [1.82, 2.24) is 10.3 Å². The van der Waals surface area contributed by atoms with Crippen LogP contribution in [0.2, 0.25) is 0 Å². The van der Waals surface area contributed by atoms with E-state index in [1.807, 2.05) is 0 Å². The molecular weight excluding hydrogens is 354 g/mol. The topological polar surface area (TPSA) is 63.2 Å². The zero-order chi connectivity index (χ0) is 18.4. The number of amides is 1. The van der Waals surface area contributed by atoms with Crippen LogP contribution in [0.1, 0.15) is 33.6 Å². The lowest BCUT2D eigenvalue weighted by molar-refractivity contribution is -0.120. The van der Waals surface area contributed by atoms with Gasteiger partial charge in [0.1, 0.15) is 11.5 Å². The number of ether oxygens (including phenoxy) is 1. The molecule has 2 heterocycles. The summed E-state index contributed by atoms with van der Waals surface area (Å²) in [6, 6.07) is 0. The lowest BCUT2D eigenvalue weighted by atomic mass is 9.95. The minimum Gasteiger partial charge on any atom is -0.466 e. The van der Waals surface area contributed by atoms with Crippen LogP contribution in [-0.4, -0.2) is 29.7 Å². The molecule has 0 spiro atoms. The number of rotatable bonds is 7. The van der Waals surface area contributed by atoms with Crippen molar-refractivity contribution >= 4 is 34.1 Å². The third-order valence-electron chi connectivity index (χ3n) is 3.90. The summed E-state index contributed by atoms with van der Waals surface area (Å²) in [6.07, 6.45) is 3.54. The number of aromatic nitrogens is 1. The Labute approximate surface area is 158 Å². The molecule has 0 aromatic carbocycles. The van der Waals surface area contributed by atoms with E-state index >= 15 is 0 Å². The molecule has 1 saturated heterocycles. The third kappa shape index (κ3) is 6.49. The van der Waals surface area contributed by atoms with Crippen molar-refractivity contribution in [3.63, 3.8) is 0 Å². The summed E-state index contributed by atoms with van der Waals surface area (Å²) in [5, 5.41) is 6.85. The van der Waals surface area contributed by atoms with Crippen LogP contribution >= 0.6 is 23.1 Å². The smallest absolute Gasteiger partial charge is 0.229 e. The zero-order valence-corrected chi connectivity index (χ0v) is 16.8. The van der Waals surface area contributed by atoms with Crippen molar-refractivity contribution in [2.24, 2.45) is 11.3 Å². The molecular formula is C18H27N3O2S2. The summed E-state index contributed by atoms with van der Waals surface area (Å²) < 4.78 is 6.71. The first-order valence-corrected chi connectivity index (χ1v) is 10.2. The van der Waals surface area contributed by atoms with Crippen LogP contribution in [0.15, 0.2) is 35.1 Å². The Hall–Kier alpha value is -1.31. The number of thioether (sulfide) groups is 1. The highest BCUT2D eigenvalue weighted by molar-refractivity contribution is 8.01. The highest BCUT2D eigenvalue weighted by Gasteiger charge is 2.22. The summed E-state index contributed by atoms with van der Waals surface area (Å²) in [5.74, 6) is 2.15. The van der Waals surface area contributed by atoms with Crippen LogP contribution in [0, 0.1) is 11.3 Å². The van der Waals surface area contributed by atoms with Crippen molar-refractivity contribution in [2.45, 2.75) is 37.8 Å². The van der Waals surface area contributed by atoms with Crippen LogP contribution in [0.4, 0.5) is 5.13 Å². The molecule has 0 unspecified atom stereocenters. The Morgan fingerprint density at radius 1 is 1.44 bits per heavy atom. The second-order valence-corrected chi connectivity index (χ2v) is 9.41. The van der Waals surface area contributed by atoms with E-state index in [1.54, 1.807) is 18.0 Å². The first kappa shape index (κ1) is 20.0. The molecule has 2 rings (SSSR count). The molecule has 25 heavy (non-hydrogen) atoms. The first-order valence-electron chi connectivity index (χ1n) is 8.41. The number of anilines is 1. The van der Waals surface area contributed by atoms with E-state index in [9.17, 15) is 4.79 Å². The second-order valence-electron chi connectivity index (χ2n) is 7.10. The molecule has 0 aliphatic carbocycles. The van der Waals surface area contributed by atoms with Gasteiger partial charge in [0, 0.05) is 11.3 Å². The summed E-state index contributed by atoms with van der Waals surface area (Å²) in [6.45, 7) is 15.9. The predicted octanol–water partition coefficient (Wildman–Crippen LogP) is 4.26. The van der Waals surface area contributed by atoms with Crippen LogP contribution in [0.3, 0.4) is 0 Å². The average molecular weight is 382 g/mol. The number of nitrogens with zero attached hydrogens (tertiary/aromatic N) is 1. The van der Waals surface area contributed by atoms with Gasteiger partial charge in [-0.2, -0.15) is 0 Å². The van der Waals surface area contributed by atoms with Crippen molar-refractivity contribution < 1.29 is 9.53 Å². The lowest BCUT2D eigenvalue weighted by Gasteiger charge is -2.22. The van der Waals surface area contributed by atoms with Gasteiger partial charge in [0.15, 0.2) is 5.13 Å². The molecule has 5 nitrogen and oxygen atoms in total. The van der Waals surface area contributed by atoms with Crippen LogP contribution in [-0.2, 0) is 9.53 Å². The Bertz CT molecular complexity index is 629. The summed E-state index contributed by atoms with van der Waals surface area (Å²) >= 11 is 3.07. The number of hydrogen-bond donors (Lipinski definition) is 2. The molecule has 1 aliphatic rings. The highest BCUT2D eigenvalue weighted by atomic mass is 32.2. The van der Waals surface area contributed by atoms with E-state index in [-0.39, 0.29) is 17.2 Å². The van der Waals surface area contributed by atoms with E-state index < -0.39 is 0 Å². The van der Waals surface area contributed by atoms with E-state index in [2.05, 4.69) is 49.5 Å². The van der Waals surface area contributed by atoms with E-state index in [1.165, 1.54) is 11.3 Å². The largest absolute Gasteiger partial charge is 0.466 e. The van der Waals surface area contributed by atoms with Crippen molar-refractivity contribution in [3.05, 3.63) is 30.9 Å². The molecule has 7 heteroatoms. The Balaban J connectivity index is 1.78. The highest BCUT2D eigenvalue weighted by Crippen LogP contribution is 2.32. The van der Waals surface area contributed by atoms with Crippen molar-refractivity contribution in [3.8, 4) is 0 Å². The lowest BCUT2D eigenvalue weighted by Crippen LogP contribution is -2.34. The maximum Gasteiger partial charge on any atom is 0.229 e. The summed E-state index contributed by atoms with van der Waals surface area (Å²) in [5.41, 5.74) is -0.107. The molecule has 0 saturated carbocycles. The third-order valence-corrected chi connectivity index (χ3v) is 6.07. The number of carbonyl (C=O) groups excluding carboxylic acids is 1. The van der Waals surface area contributed by atoms with Crippen LogP contribution in [0.25, 0.3) is 0 Å². The van der Waals surface area contributed by atoms with Gasteiger partial charge in [-0.25, -0.2) is 4.98 Å². The average Bonchev–Trinajstić information content (AvgIpc) is 3.00. The monoisotopic (exact) mass is 381 g/mol. The molecule has 1 aliphatic heterocycles. The fraction of sp³-hybridized carbons (Fsp3) is 0.556. The standard InChI is InChI=1S/C18H27N3O2S2/c1-12(23-13(2)18(3,4)5)11-24-15-10-20-17(25-15)21-16(22)14-6-8-19-9-7-14/h10,14,19H,1-2,6-9,11H2,3-5H3,(H,20,21,22). The Kier molecular flexibility index (Phi) is 7.10. The molecule has 0 atom stereocenters. The van der Waals surface area contributed by atoms with Gasteiger partial charge in [-0.15, -0.1) is 11.8 Å². The van der Waals surface area contributed by atoms with E-state index in [0.29, 0.717) is 22.4 Å². The maximum absolute atomic E-state index is 12.2. The van der Waals surface area contributed by atoms with Gasteiger partial charge in [-0.3, -0.25) is 4.79 Å². The SMILES string of the molecule is C=C(CSc1cnc(NC(=O)C2CCNCC2)s1)OC(=C)C(C)(C)C. The molecule has 0 radical (unpaired) electrons. The van der Waals surface area contributed by atoms with Crippen molar-refractivity contribution in [1.29, 1.82) is 0 Å². The Morgan fingerprint density at radius 2 is 2.12 bits per heavy atom. The van der Waals surface area contributed by atoms with Gasteiger partial charge < -0.3 is 15.4 Å². The molecule has 138 valence electrons.